The highest BCUT2D eigenvalue weighted by atomic mass is 32.2. The Morgan fingerprint density at radius 2 is 2.29 bits per heavy atom. The van der Waals surface area contributed by atoms with Crippen molar-refractivity contribution < 1.29 is 8.42 Å². The van der Waals surface area contributed by atoms with Crippen molar-refractivity contribution in [1.82, 2.24) is 4.98 Å². The Morgan fingerprint density at radius 1 is 1.50 bits per heavy atom. The largest absolute Gasteiger partial charge is 0.269 e. The zero-order valence-electron chi connectivity index (χ0n) is 7.97. The third-order valence-electron chi connectivity index (χ3n) is 2.31. The lowest BCUT2D eigenvalue weighted by Crippen LogP contribution is -2.34. The molecule has 0 aliphatic carbocycles. The lowest BCUT2D eigenvalue weighted by Gasteiger charge is -2.28. The van der Waals surface area contributed by atoms with Crippen LogP contribution >= 0.6 is 0 Å². The standard InChI is InChI=1S/C9H12N2O2S/c1-14(12,13)11-7-3-4-8-9(11)5-2-6-10-8/h2,5-6H,3-4,7H2,1H3. The van der Waals surface area contributed by atoms with Gasteiger partial charge in [0.1, 0.15) is 0 Å². The van der Waals surface area contributed by atoms with E-state index in [1.165, 1.54) is 10.6 Å². The summed E-state index contributed by atoms with van der Waals surface area (Å²) in [5, 5.41) is 0. The second-order valence-electron chi connectivity index (χ2n) is 3.41. The minimum absolute atomic E-state index is 0.567. The van der Waals surface area contributed by atoms with Crippen LogP contribution in [0.15, 0.2) is 18.3 Å². The summed E-state index contributed by atoms with van der Waals surface area (Å²) in [6.07, 6.45) is 4.64. The highest BCUT2D eigenvalue weighted by Crippen LogP contribution is 2.26. The van der Waals surface area contributed by atoms with Gasteiger partial charge in [-0.05, 0) is 25.0 Å². The first kappa shape index (κ1) is 9.45. The molecule has 4 nitrogen and oxygen atoms in total. The molecule has 0 fully saturated rings. The Labute approximate surface area is 83.6 Å². The van der Waals surface area contributed by atoms with E-state index in [0.29, 0.717) is 6.54 Å². The molecule has 0 amide bonds. The molecule has 0 N–H and O–H groups in total. The summed E-state index contributed by atoms with van der Waals surface area (Å²) in [6.45, 7) is 0.567. The topological polar surface area (TPSA) is 50.3 Å². The van der Waals surface area contributed by atoms with Crippen LogP contribution in [0.25, 0.3) is 0 Å². The van der Waals surface area contributed by atoms with Crippen molar-refractivity contribution in [2.45, 2.75) is 12.8 Å². The van der Waals surface area contributed by atoms with E-state index in [1.807, 2.05) is 6.07 Å². The van der Waals surface area contributed by atoms with Crippen molar-refractivity contribution in [1.29, 1.82) is 0 Å². The number of aryl methyl sites for hydroxylation is 1. The Kier molecular flexibility index (Phi) is 2.19. The summed E-state index contributed by atoms with van der Waals surface area (Å²) in [5.41, 5.74) is 1.62. The first-order valence-electron chi connectivity index (χ1n) is 4.50. The van der Waals surface area contributed by atoms with E-state index < -0.39 is 10.0 Å². The summed E-state index contributed by atoms with van der Waals surface area (Å²) < 4.78 is 24.3. The zero-order valence-corrected chi connectivity index (χ0v) is 8.79. The second kappa shape index (κ2) is 3.24. The lowest BCUT2D eigenvalue weighted by molar-refractivity contribution is 0.591. The molecule has 14 heavy (non-hydrogen) atoms. The van der Waals surface area contributed by atoms with Crippen LogP contribution in [0.1, 0.15) is 12.1 Å². The van der Waals surface area contributed by atoms with Crippen molar-refractivity contribution >= 4 is 15.7 Å². The molecule has 2 heterocycles. The SMILES string of the molecule is CS(=O)(=O)N1CCCc2ncccc21. The predicted molar refractivity (Wildman–Crippen MR) is 54.7 cm³/mol. The first-order valence-corrected chi connectivity index (χ1v) is 6.35. The van der Waals surface area contributed by atoms with Crippen molar-refractivity contribution in [2.24, 2.45) is 0 Å². The molecule has 0 radical (unpaired) electrons. The molecule has 0 unspecified atom stereocenters. The first-order chi connectivity index (χ1) is 6.59. The van der Waals surface area contributed by atoms with Gasteiger partial charge in [0.25, 0.3) is 0 Å². The van der Waals surface area contributed by atoms with Crippen LogP contribution < -0.4 is 4.31 Å². The second-order valence-corrected chi connectivity index (χ2v) is 5.31. The number of rotatable bonds is 1. The smallest absolute Gasteiger partial charge is 0.232 e. The summed E-state index contributed by atoms with van der Waals surface area (Å²) in [4.78, 5) is 4.18. The Balaban J connectivity index is 2.51. The molecule has 2 rings (SSSR count). The van der Waals surface area contributed by atoms with Gasteiger partial charge in [0.05, 0.1) is 17.6 Å². The van der Waals surface area contributed by atoms with Crippen LogP contribution in [0, 0.1) is 0 Å². The molecule has 0 spiro atoms. The van der Waals surface area contributed by atoms with Gasteiger partial charge < -0.3 is 0 Å². The van der Waals surface area contributed by atoms with Crippen LogP contribution in [0.2, 0.25) is 0 Å². The molecule has 1 aromatic heterocycles. The third-order valence-corrected chi connectivity index (χ3v) is 3.49. The number of fused-ring (bicyclic) bond motifs is 1. The van der Waals surface area contributed by atoms with Gasteiger partial charge >= 0.3 is 0 Å². The van der Waals surface area contributed by atoms with E-state index >= 15 is 0 Å². The van der Waals surface area contributed by atoms with Gasteiger partial charge in [0, 0.05) is 12.7 Å². The lowest BCUT2D eigenvalue weighted by atomic mass is 10.1. The zero-order chi connectivity index (χ0) is 10.2. The maximum absolute atomic E-state index is 11.4. The van der Waals surface area contributed by atoms with E-state index in [4.69, 9.17) is 0 Å². The van der Waals surface area contributed by atoms with Crippen molar-refractivity contribution in [3.63, 3.8) is 0 Å². The van der Waals surface area contributed by atoms with E-state index in [2.05, 4.69) is 4.98 Å². The van der Waals surface area contributed by atoms with Crippen molar-refractivity contribution in [3.05, 3.63) is 24.0 Å². The van der Waals surface area contributed by atoms with Crippen LogP contribution in [0.3, 0.4) is 0 Å². The highest BCUT2D eigenvalue weighted by molar-refractivity contribution is 7.92. The Hall–Kier alpha value is -1.10. The van der Waals surface area contributed by atoms with Gasteiger partial charge in [-0.3, -0.25) is 9.29 Å². The van der Waals surface area contributed by atoms with E-state index in [1.54, 1.807) is 12.3 Å². The summed E-state index contributed by atoms with van der Waals surface area (Å²) in [6, 6.07) is 3.57. The molecule has 0 saturated carbocycles. The molecule has 0 saturated heterocycles. The van der Waals surface area contributed by atoms with Crippen LogP contribution in [0.4, 0.5) is 5.69 Å². The summed E-state index contributed by atoms with van der Waals surface area (Å²) in [7, 11) is -3.15. The third kappa shape index (κ3) is 1.59. The molecule has 1 aromatic rings. The molecule has 0 atom stereocenters. The quantitative estimate of drug-likeness (QED) is 0.691. The van der Waals surface area contributed by atoms with Crippen molar-refractivity contribution in [2.75, 3.05) is 17.1 Å². The molecule has 76 valence electrons. The number of nitrogens with zero attached hydrogens (tertiary/aromatic N) is 2. The monoisotopic (exact) mass is 212 g/mol. The van der Waals surface area contributed by atoms with Gasteiger partial charge in [0.15, 0.2) is 0 Å². The molecule has 1 aliphatic rings. The van der Waals surface area contributed by atoms with Crippen molar-refractivity contribution in [3.8, 4) is 0 Å². The molecule has 0 bridgehead atoms. The van der Waals surface area contributed by atoms with Crippen LogP contribution in [-0.4, -0.2) is 26.2 Å². The Bertz CT molecular complexity index is 442. The van der Waals surface area contributed by atoms with Gasteiger partial charge in [0.2, 0.25) is 10.0 Å². The fourth-order valence-corrected chi connectivity index (χ4v) is 2.69. The number of aromatic nitrogens is 1. The van der Waals surface area contributed by atoms with E-state index in [9.17, 15) is 8.42 Å². The van der Waals surface area contributed by atoms with Gasteiger partial charge in [-0.1, -0.05) is 0 Å². The Morgan fingerprint density at radius 3 is 3.00 bits per heavy atom. The molecular weight excluding hydrogens is 200 g/mol. The maximum Gasteiger partial charge on any atom is 0.232 e. The normalized spacial score (nSPS) is 16.5. The number of pyridine rings is 1. The van der Waals surface area contributed by atoms with E-state index in [0.717, 1.165) is 24.2 Å². The van der Waals surface area contributed by atoms with E-state index in [-0.39, 0.29) is 0 Å². The molecule has 5 heteroatoms. The minimum atomic E-state index is -3.15. The highest BCUT2D eigenvalue weighted by Gasteiger charge is 2.23. The number of hydrogen-bond donors (Lipinski definition) is 0. The number of anilines is 1. The number of hydrogen-bond acceptors (Lipinski definition) is 3. The fourth-order valence-electron chi connectivity index (χ4n) is 1.70. The van der Waals surface area contributed by atoms with Crippen LogP contribution in [0.5, 0.6) is 0 Å². The average molecular weight is 212 g/mol. The van der Waals surface area contributed by atoms with Gasteiger partial charge in [-0.2, -0.15) is 0 Å². The summed E-state index contributed by atoms with van der Waals surface area (Å²) >= 11 is 0. The average Bonchev–Trinajstić information content (AvgIpc) is 2.15. The minimum Gasteiger partial charge on any atom is -0.269 e. The van der Waals surface area contributed by atoms with Gasteiger partial charge in [-0.25, -0.2) is 8.42 Å². The predicted octanol–water partition coefficient (Wildman–Crippen LogP) is 0.794. The molecule has 1 aliphatic heterocycles. The molecular formula is C9H12N2O2S. The number of sulfonamides is 1. The maximum atomic E-state index is 11.4. The molecule has 0 aromatic carbocycles. The fraction of sp³-hybridized carbons (Fsp3) is 0.444. The van der Waals surface area contributed by atoms with Gasteiger partial charge in [-0.15, -0.1) is 0 Å². The summed E-state index contributed by atoms with van der Waals surface area (Å²) in [5.74, 6) is 0. The van der Waals surface area contributed by atoms with Crippen LogP contribution in [-0.2, 0) is 16.4 Å².